The van der Waals surface area contributed by atoms with Gasteiger partial charge in [-0.1, -0.05) is 0 Å². The van der Waals surface area contributed by atoms with Crippen molar-refractivity contribution in [1.82, 2.24) is 4.90 Å². The molecule has 0 aromatic rings. The highest BCUT2D eigenvalue weighted by Gasteiger charge is 2.04. The molecule has 1 unspecified atom stereocenters. The summed E-state index contributed by atoms with van der Waals surface area (Å²) in [6.45, 7) is 0.814. The molecule has 0 aliphatic heterocycles. The van der Waals surface area contributed by atoms with Crippen molar-refractivity contribution in [1.29, 1.82) is 0 Å². The highest BCUT2D eigenvalue weighted by atomic mass is 16.3. The van der Waals surface area contributed by atoms with E-state index >= 15 is 0 Å². The van der Waals surface area contributed by atoms with E-state index in [2.05, 4.69) is 0 Å². The summed E-state index contributed by atoms with van der Waals surface area (Å²) >= 11 is 0. The van der Waals surface area contributed by atoms with Crippen LogP contribution >= 0.6 is 0 Å². The van der Waals surface area contributed by atoms with Crippen LogP contribution in [0.2, 0.25) is 0 Å². The van der Waals surface area contributed by atoms with Crippen molar-refractivity contribution in [2.45, 2.75) is 13.2 Å². The third-order valence-electron chi connectivity index (χ3n) is 0.892. The highest BCUT2D eigenvalue weighted by Crippen LogP contribution is 1.88. The Labute approximate surface area is 48.0 Å². The summed E-state index contributed by atoms with van der Waals surface area (Å²) in [5.41, 5.74) is 0. The molecule has 4 heteroatoms. The Balaban J connectivity index is 3.35. The summed E-state index contributed by atoms with van der Waals surface area (Å²) in [5, 5.41) is 25.2. The van der Waals surface area contributed by atoms with Gasteiger partial charge in [-0.05, 0) is 6.92 Å². The lowest BCUT2D eigenvalue weighted by Crippen LogP contribution is -2.34. The second-order valence-electron chi connectivity index (χ2n) is 1.50. The standard InChI is InChI=1S/C4H11NO3/c1-4(8)5(2-6)3-7/h4,6-8H,2-3H2,1H3. The molecule has 3 N–H and O–H groups in total. The molecule has 0 saturated heterocycles. The van der Waals surface area contributed by atoms with Crippen LogP contribution in [0.1, 0.15) is 6.92 Å². The zero-order valence-electron chi connectivity index (χ0n) is 4.78. The third-order valence-corrected chi connectivity index (χ3v) is 0.892. The van der Waals surface area contributed by atoms with Crippen LogP contribution in [0.15, 0.2) is 0 Å². The van der Waals surface area contributed by atoms with Gasteiger partial charge in [-0.2, -0.15) is 0 Å². The summed E-state index contributed by atoms with van der Waals surface area (Å²) in [5.74, 6) is 0. The Morgan fingerprint density at radius 1 is 1.38 bits per heavy atom. The van der Waals surface area contributed by atoms with Crippen LogP contribution in [0.3, 0.4) is 0 Å². The van der Waals surface area contributed by atoms with E-state index < -0.39 is 6.23 Å². The van der Waals surface area contributed by atoms with Gasteiger partial charge in [0.05, 0.1) is 13.5 Å². The lowest BCUT2D eigenvalue weighted by atomic mass is 10.6. The van der Waals surface area contributed by atoms with Crippen LogP contribution < -0.4 is 0 Å². The number of aliphatic hydroxyl groups is 3. The minimum absolute atomic E-state index is 0.325. The maximum absolute atomic E-state index is 8.62. The lowest BCUT2D eigenvalue weighted by molar-refractivity contribution is -0.0782. The largest absolute Gasteiger partial charge is 0.381 e. The number of aliphatic hydroxyl groups excluding tert-OH is 3. The van der Waals surface area contributed by atoms with E-state index in [0.717, 1.165) is 4.90 Å². The molecular weight excluding hydrogens is 110 g/mol. The Hall–Kier alpha value is -0.160. The van der Waals surface area contributed by atoms with Gasteiger partial charge in [0.15, 0.2) is 0 Å². The van der Waals surface area contributed by atoms with Gasteiger partial charge in [0.25, 0.3) is 0 Å². The monoisotopic (exact) mass is 121 g/mol. The summed E-state index contributed by atoms with van der Waals surface area (Å²) < 4.78 is 0. The molecule has 50 valence electrons. The molecule has 0 heterocycles. The van der Waals surface area contributed by atoms with Gasteiger partial charge in [0.2, 0.25) is 0 Å². The van der Waals surface area contributed by atoms with Crippen molar-refractivity contribution in [2.24, 2.45) is 0 Å². The van der Waals surface area contributed by atoms with Crippen molar-refractivity contribution >= 4 is 0 Å². The second-order valence-corrected chi connectivity index (χ2v) is 1.50. The van der Waals surface area contributed by atoms with E-state index in [-0.39, 0.29) is 13.5 Å². The maximum atomic E-state index is 8.62. The van der Waals surface area contributed by atoms with E-state index in [9.17, 15) is 0 Å². The van der Waals surface area contributed by atoms with Crippen LogP contribution in [0.25, 0.3) is 0 Å². The Morgan fingerprint density at radius 2 is 1.75 bits per heavy atom. The molecule has 1 atom stereocenters. The van der Waals surface area contributed by atoms with Gasteiger partial charge in [0.1, 0.15) is 6.23 Å². The normalized spacial score (nSPS) is 14.6. The molecule has 0 aliphatic carbocycles. The first-order valence-electron chi connectivity index (χ1n) is 2.36. The molecule has 0 aliphatic rings. The van der Waals surface area contributed by atoms with Crippen LogP contribution in [0.5, 0.6) is 0 Å². The molecule has 0 aromatic carbocycles. The molecular formula is C4H11NO3. The Kier molecular flexibility index (Phi) is 3.72. The summed E-state index contributed by atoms with van der Waals surface area (Å²) in [7, 11) is 0. The minimum Gasteiger partial charge on any atom is -0.381 e. The van der Waals surface area contributed by atoms with Crippen LogP contribution in [-0.2, 0) is 0 Å². The van der Waals surface area contributed by atoms with Gasteiger partial charge in [0, 0.05) is 0 Å². The molecule has 4 nitrogen and oxygen atoms in total. The zero-order chi connectivity index (χ0) is 6.57. The van der Waals surface area contributed by atoms with Crippen LogP contribution in [0, 0.1) is 0 Å². The van der Waals surface area contributed by atoms with E-state index in [1.165, 1.54) is 6.92 Å². The molecule has 0 spiro atoms. The van der Waals surface area contributed by atoms with Gasteiger partial charge < -0.3 is 15.3 Å². The van der Waals surface area contributed by atoms with E-state index in [0.29, 0.717) is 0 Å². The Morgan fingerprint density at radius 3 is 1.75 bits per heavy atom. The van der Waals surface area contributed by atoms with Crippen molar-refractivity contribution in [2.75, 3.05) is 13.5 Å². The fourth-order valence-electron chi connectivity index (χ4n) is 0.281. The predicted octanol–water partition coefficient (Wildman–Crippen LogP) is -1.47. The molecule has 0 fully saturated rings. The number of rotatable bonds is 3. The molecule has 0 amide bonds. The second kappa shape index (κ2) is 3.80. The highest BCUT2D eigenvalue weighted by molar-refractivity contribution is 4.42. The van der Waals surface area contributed by atoms with Gasteiger partial charge in [-0.15, -0.1) is 0 Å². The average Bonchev–Trinajstić information content (AvgIpc) is 1.69. The van der Waals surface area contributed by atoms with E-state index in [1.54, 1.807) is 0 Å². The number of hydrogen-bond donors (Lipinski definition) is 3. The van der Waals surface area contributed by atoms with Gasteiger partial charge >= 0.3 is 0 Å². The maximum Gasteiger partial charge on any atom is 0.108 e. The van der Waals surface area contributed by atoms with Gasteiger partial charge in [-0.3, -0.25) is 0 Å². The summed E-state index contributed by atoms with van der Waals surface area (Å²) in [6.07, 6.45) is -0.787. The molecule has 0 aromatic heterocycles. The number of nitrogens with zero attached hydrogens (tertiary/aromatic N) is 1. The first-order chi connectivity index (χ1) is 3.72. The summed E-state index contributed by atoms with van der Waals surface area (Å²) in [6, 6.07) is 0. The molecule has 0 bridgehead atoms. The average molecular weight is 121 g/mol. The van der Waals surface area contributed by atoms with Crippen molar-refractivity contribution < 1.29 is 15.3 Å². The molecule has 0 radical (unpaired) electrons. The molecule has 0 saturated carbocycles. The number of hydrogen-bond acceptors (Lipinski definition) is 4. The van der Waals surface area contributed by atoms with Gasteiger partial charge in [-0.25, -0.2) is 4.90 Å². The summed E-state index contributed by atoms with van der Waals surface area (Å²) in [4.78, 5) is 1.08. The van der Waals surface area contributed by atoms with Crippen molar-refractivity contribution in [3.63, 3.8) is 0 Å². The third kappa shape index (κ3) is 2.23. The fourth-order valence-corrected chi connectivity index (χ4v) is 0.281. The Bertz CT molecular complexity index is 53.2. The topological polar surface area (TPSA) is 63.9 Å². The van der Waals surface area contributed by atoms with Crippen LogP contribution in [-0.4, -0.2) is 39.9 Å². The van der Waals surface area contributed by atoms with Crippen molar-refractivity contribution in [3.8, 4) is 0 Å². The molecule has 8 heavy (non-hydrogen) atoms. The van der Waals surface area contributed by atoms with E-state index in [1.807, 2.05) is 0 Å². The quantitative estimate of drug-likeness (QED) is 0.399. The smallest absolute Gasteiger partial charge is 0.108 e. The van der Waals surface area contributed by atoms with Crippen molar-refractivity contribution in [3.05, 3.63) is 0 Å². The van der Waals surface area contributed by atoms with Crippen LogP contribution in [0.4, 0.5) is 0 Å². The minimum atomic E-state index is -0.787. The lowest BCUT2D eigenvalue weighted by Gasteiger charge is -2.18. The SMILES string of the molecule is CC(O)N(CO)CO. The fraction of sp³-hybridized carbons (Fsp3) is 1.00. The first kappa shape index (κ1) is 7.84. The first-order valence-corrected chi connectivity index (χ1v) is 2.36. The molecule has 0 rings (SSSR count). The predicted molar refractivity (Wildman–Crippen MR) is 27.7 cm³/mol. The zero-order valence-corrected chi connectivity index (χ0v) is 4.78. The van der Waals surface area contributed by atoms with E-state index in [4.69, 9.17) is 15.3 Å².